The van der Waals surface area contributed by atoms with Crippen LogP contribution < -0.4 is 5.32 Å². The van der Waals surface area contributed by atoms with Crippen molar-refractivity contribution in [3.05, 3.63) is 0 Å². The van der Waals surface area contributed by atoms with Crippen LogP contribution in [0, 0.1) is 0 Å². The van der Waals surface area contributed by atoms with Gasteiger partial charge in [0.2, 0.25) is 11.8 Å². The molecule has 2 aliphatic heterocycles. The second-order valence-corrected chi connectivity index (χ2v) is 6.47. The van der Waals surface area contributed by atoms with Crippen molar-refractivity contribution in [2.75, 3.05) is 73.0 Å². The summed E-state index contributed by atoms with van der Waals surface area (Å²) in [5.41, 5.74) is 0. The first-order valence-electron chi connectivity index (χ1n) is 8.12. The monoisotopic (exact) mass is 311 g/mol. The standard InChI is InChI=1S/C15H29N5O2/c1-13-10-16-4-5-20(13)12-15(22)19-8-6-18(7-9-19)11-14(21)17(2)3/h13,16H,4-12H2,1-3H3/t13-/m0/s1. The molecule has 0 aromatic rings. The van der Waals surface area contributed by atoms with Crippen LogP contribution in [0.1, 0.15) is 6.92 Å². The molecule has 0 aromatic carbocycles. The number of carbonyl (C=O) groups is 2. The van der Waals surface area contributed by atoms with Crippen LogP contribution in [0.3, 0.4) is 0 Å². The first kappa shape index (κ1) is 17.2. The first-order chi connectivity index (χ1) is 10.5. The summed E-state index contributed by atoms with van der Waals surface area (Å²) in [6.45, 7) is 8.97. The zero-order valence-electron chi connectivity index (χ0n) is 14.0. The van der Waals surface area contributed by atoms with Gasteiger partial charge in [0, 0.05) is 66.0 Å². The van der Waals surface area contributed by atoms with Gasteiger partial charge in [0.25, 0.3) is 0 Å². The number of likely N-dealkylation sites (N-methyl/N-ethyl adjacent to an activating group) is 1. The van der Waals surface area contributed by atoms with Crippen molar-refractivity contribution in [2.24, 2.45) is 0 Å². The number of rotatable bonds is 4. The summed E-state index contributed by atoms with van der Waals surface area (Å²) in [7, 11) is 3.55. The summed E-state index contributed by atoms with van der Waals surface area (Å²) in [6, 6.07) is 0.414. The molecule has 1 atom stereocenters. The van der Waals surface area contributed by atoms with E-state index in [1.807, 2.05) is 4.90 Å². The van der Waals surface area contributed by atoms with E-state index >= 15 is 0 Å². The molecular weight excluding hydrogens is 282 g/mol. The zero-order valence-corrected chi connectivity index (χ0v) is 14.0. The van der Waals surface area contributed by atoms with E-state index in [1.165, 1.54) is 0 Å². The average Bonchev–Trinajstić information content (AvgIpc) is 2.50. The van der Waals surface area contributed by atoms with Gasteiger partial charge in [-0.05, 0) is 6.92 Å². The van der Waals surface area contributed by atoms with E-state index in [-0.39, 0.29) is 11.8 Å². The highest BCUT2D eigenvalue weighted by molar-refractivity contribution is 5.79. The third-order valence-electron chi connectivity index (χ3n) is 4.56. The van der Waals surface area contributed by atoms with E-state index in [0.29, 0.717) is 19.1 Å². The van der Waals surface area contributed by atoms with Gasteiger partial charge < -0.3 is 15.1 Å². The fraction of sp³-hybridized carbons (Fsp3) is 0.867. The molecule has 7 heteroatoms. The summed E-state index contributed by atoms with van der Waals surface area (Å²) in [4.78, 5) is 32.1. The Labute approximate surface area is 133 Å². The van der Waals surface area contributed by atoms with E-state index < -0.39 is 0 Å². The topological polar surface area (TPSA) is 59.1 Å². The van der Waals surface area contributed by atoms with E-state index in [2.05, 4.69) is 22.0 Å². The molecule has 0 unspecified atom stereocenters. The molecule has 0 aliphatic carbocycles. The molecule has 2 aliphatic rings. The SMILES string of the molecule is C[C@H]1CNCCN1CC(=O)N1CCN(CC(=O)N(C)C)CC1. The Balaban J connectivity index is 1.74. The molecular formula is C15H29N5O2. The Hall–Kier alpha value is -1.18. The van der Waals surface area contributed by atoms with Crippen LogP contribution >= 0.6 is 0 Å². The molecule has 7 nitrogen and oxygen atoms in total. The molecule has 1 N–H and O–H groups in total. The summed E-state index contributed by atoms with van der Waals surface area (Å²) in [6.07, 6.45) is 0. The fourth-order valence-corrected chi connectivity index (χ4v) is 2.88. The highest BCUT2D eigenvalue weighted by atomic mass is 16.2. The fourth-order valence-electron chi connectivity index (χ4n) is 2.88. The minimum absolute atomic E-state index is 0.120. The van der Waals surface area contributed by atoms with Gasteiger partial charge in [0.05, 0.1) is 13.1 Å². The molecule has 126 valence electrons. The van der Waals surface area contributed by atoms with Gasteiger partial charge in [-0.3, -0.25) is 19.4 Å². The molecule has 0 radical (unpaired) electrons. The normalized spacial score (nSPS) is 24.3. The van der Waals surface area contributed by atoms with Crippen molar-refractivity contribution in [3.8, 4) is 0 Å². The van der Waals surface area contributed by atoms with Crippen molar-refractivity contribution < 1.29 is 9.59 Å². The van der Waals surface area contributed by atoms with E-state index in [4.69, 9.17) is 0 Å². The van der Waals surface area contributed by atoms with Crippen molar-refractivity contribution in [1.29, 1.82) is 0 Å². The molecule has 2 saturated heterocycles. The van der Waals surface area contributed by atoms with Crippen LogP contribution in [0.2, 0.25) is 0 Å². The third-order valence-corrected chi connectivity index (χ3v) is 4.56. The molecule has 0 aromatic heterocycles. The minimum atomic E-state index is 0.120. The maximum absolute atomic E-state index is 12.4. The number of nitrogens with one attached hydrogen (secondary N) is 1. The van der Waals surface area contributed by atoms with Gasteiger partial charge in [-0.25, -0.2) is 0 Å². The third kappa shape index (κ3) is 4.66. The van der Waals surface area contributed by atoms with Crippen LogP contribution in [0.4, 0.5) is 0 Å². The van der Waals surface area contributed by atoms with Gasteiger partial charge in [-0.15, -0.1) is 0 Å². The summed E-state index contributed by atoms with van der Waals surface area (Å²) in [5, 5.41) is 3.34. The predicted molar refractivity (Wildman–Crippen MR) is 85.6 cm³/mol. The van der Waals surface area contributed by atoms with Crippen molar-refractivity contribution in [3.63, 3.8) is 0 Å². The highest BCUT2D eigenvalue weighted by Gasteiger charge is 2.26. The second-order valence-electron chi connectivity index (χ2n) is 6.47. The summed E-state index contributed by atoms with van der Waals surface area (Å²) in [5.74, 6) is 0.335. The highest BCUT2D eigenvalue weighted by Crippen LogP contribution is 2.06. The van der Waals surface area contributed by atoms with Gasteiger partial charge >= 0.3 is 0 Å². The lowest BCUT2D eigenvalue weighted by atomic mass is 10.2. The average molecular weight is 311 g/mol. The van der Waals surface area contributed by atoms with E-state index in [0.717, 1.165) is 45.8 Å². The zero-order chi connectivity index (χ0) is 16.1. The first-order valence-corrected chi connectivity index (χ1v) is 8.12. The molecule has 2 amide bonds. The number of carbonyl (C=O) groups excluding carboxylic acids is 2. The van der Waals surface area contributed by atoms with Gasteiger partial charge in [-0.1, -0.05) is 0 Å². The van der Waals surface area contributed by atoms with E-state index in [1.54, 1.807) is 19.0 Å². The maximum atomic E-state index is 12.4. The Kier molecular flexibility index (Phi) is 6.16. The van der Waals surface area contributed by atoms with Crippen LogP contribution in [0.15, 0.2) is 0 Å². The Morgan fingerprint density at radius 3 is 2.36 bits per heavy atom. The molecule has 2 rings (SSSR count). The van der Waals surface area contributed by atoms with Crippen LogP contribution in [0.25, 0.3) is 0 Å². The van der Waals surface area contributed by atoms with Gasteiger partial charge in [-0.2, -0.15) is 0 Å². The summed E-state index contributed by atoms with van der Waals surface area (Å²) >= 11 is 0. The number of nitrogens with zero attached hydrogens (tertiary/aromatic N) is 4. The molecule has 2 fully saturated rings. The maximum Gasteiger partial charge on any atom is 0.236 e. The molecule has 22 heavy (non-hydrogen) atoms. The van der Waals surface area contributed by atoms with Gasteiger partial charge in [0.1, 0.15) is 0 Å². The Morgan fingerprint density at radius 1 is 1.09 bits per heavy atom. The van der Waals surface area contributed by atoms with Crippen LogP contribution in [-0.2, 0) is 9.59 Å². The smallest absolute Gasteiger partial charge is 0.236 e. The van der Waals surface area contributed by atoms with Crippen molar-refractivity contribution in [1.82, 2.24) is 24.9 Å². The number of piperazine rings is 2. The second kappa shape index (κ2) is 7.89. The van der Waals surface area contributed by atoms with E-state index in [9.17, 15) is 9.59 Å². The lowest BCUT2D eigenvalue weighted by molar-refractivity contribution is -0.135. The largest absolute Gasteiger partial charge is 0.348 e. The predicted octanol–water partition coefficient (Wildman–Crippen LogP) is -1.49. The van der Waals surface area contributed by atoms with Gasteiger partial charge in [0.15, 0.2) is 0 Å². The van der Waals surface area contributed by atoms with Crippen LogP contribution in [0.5, 0.6) is 0 Å². The number of hydrogen-bond acceptors (Lipinski definition) is 5. The Morgan fingerprint density at radius 2 is 1.77 bits per heavy atom. The lowest BCUT2D eigenvalue weighted by Crippen LogP contribution is -2.56. The minimum Gasteiger partial charge on any atom is -0.348 e. The number of hydrogen-bond donors (Lipinski definition) is 1. The molecule has 0 spiro atoms. The summed E-state index contributed by atoms with van der Waals surface area (Å²) < 4.78 is 0. The Bertz CT molecular complexity index is 393. The molecule has 0 bridgehead atoms. The lowest BCUT2D eigenvalue weighted by Gasteiger charge is -2.38. The number of amides is 2. The molecule has 2 heterocycles. The molecule has 0 saturated carbocycles. The van der Waals surface area contributed by atoms with Crippen molar-refractivity contribution >= 4 is 11.8 Å². The van der Waals surface area contributed by atoms with Crippen molar-refractivity contribution in [2.45, 2.75) is 13.0 Å². The quantitative estimate of drug-likeness (QED) is 0.686. The van der Waals surface area contributed by atoms with Crippen LogP contribution in [-0.4, -0.2) is 110 Å².